The Morgan fingerprint density at radius 2 is 1.71 bits per heavy atom. The molecule has 1 aliphatic heterocycles. The van der Waals surface area contributed by atoms with Crippen molar-refractivity contribution in [1.29, 1.82) is 0 Å². The van der Waals surface area contributed by atoms with Crippen molar-refractivity contribution in [2.45, 2.75) is 45.9 Å². The van der Waals surface area contributed by atoms with E-state index >= 15 is 0 Å². The first-order valence-corrected chi connectivity index (χ1v) is 12.1. The number of aryl methyl sites for hydroxylation is 3. The van der Waals surface area contributed by atoms with Gasteiger partial charge in [-0.15, -0.1) is 0 Å². The molecule has 1 aromatic carbocycles. The van der Waals surface area contributed by atoms with Crippen molar-refractivity contribution in [3.05, 3.63) is 51.8 Å². The maximum absolute atomic E-state index is 13.1. The van der Waals surface area contributed by atoms with E-state index in [1.807, 2.05) is 37.8 Å². The van der Waals surface area contributed by atoms with E-state index in [9.17, 15) is 18.0 Å². The van der Waals surface area contributed by atoms with Crippen molar-refractivity contribution in [3.8, 4) is 0 Å². The van der Waals surface area contributed by atoms with Gasteiger partial charge in [0, 0.05) is 37.4 Å². The Bertz CT molecular complexity index is 1110. The van der Waals surface area contributed by atoms with Crippen LogP contribution >= 0.6 is 0 Å². The Balaban J connectivity index is 1.69. The zero-order valence-corrected chi connectivity index (χ0v) is 19.7. The molecule has 168 valence electrons. The number of nitrogens with one attached hydrogen (secondary N) is 1. The first kappa shape index (κ1) is 23.4. The molecule has 31 heavy (non-hydrogen) atoms. The van der Waals surface area contributed by atoms with Gasteiger partial charge >= 0.3 is 0 Å². The molecule has 7 nitrogen and oxygen atoms in total. The van der Waals surface area contributed by atoms with Gasteiger partial charge in [-0.25, -0.2) is 8.42 Å². The molecule has 2 heterocycles. The minimum absolute atomic E-state index is 0.0464. The van der Waals surface area contributed by atoms with Crippen LogP contribution in [0.25, 0.3) is 0 Å². The van der Waals surface area contributed by atoms with Crippen LogP contribution in [0.3, 0.4) is 0 Å². The van der Waals surface area contributed by atoms with Crippen LogP contribution < -0.4 is 0 Å². The largest absolute Gasteiger partial charge is 0.355 e. The summed E-state index contributed by atoms with van der Waals surface area (Å²) in [6, 6.07) is 5.45. The molecule has 0 radical (unpaired) electrons. The maximum atomic E-state index is 13.1. The van der Waals surface area contributed by atoms with Crippen molar-refractivity contribution < 1.29 is 18.0 Å². The number of carbonyl (C=O) groups excluding carboxylic acids is 2. The molecule has 1 N–H and O–H groups in total. The van der Waals surface area contributed by atoms with E-state index in [2.05, 4.69) is 4.98 Å². The second-order valence-corrected chi connectivity index (χ2v) is 10.2. The Morgan fingerprint density at radius 1 is 1.06 bits per heavy atom. The van der Waals surface area contributed by atoms with Crippen molar-refractivity contribution in [1.82, 2.24) is 14.2 Å². The van der Waals surface area contributed by atoms with Gasteiger partial charge in [0.1, 0.15) is 0 Å². The van der Waals surface area contributed by atoms with E-state index in [-0.39, 0.29) is 18.1 Å². The second-order valence-electron chi connectivity index (χ2n) is 8.26. The van der Waals surface area contributed by atoms with Gasteiger partial charge in [0.2, 0.25) is 10.0 Å². The van der Waals surface area contributed by atoms with Crippen molar-refractivity contribution >= 4 is 21.6 Å². The lowest BCUT2D eigenvalue weighted by Gasteiger charge is -2.33. The van der Waals surface area contributed by atoms with Crippen LogP contribution in [0.2, 0.25) is 0 Å². The van der Waals surface area contributed by atoms with E-state index in [0.29, 0.717) is 48.8 Å². The van der Waals surface area contributed by atoms with Crippen LogP contribution in [-0.2, 0) is 16.4 Å². The highest BCUT2D eigenvalue weighted by Crippen LogP contribution is 2.24. The highest BCUT2D eigenvalue weighted by atomic mass is 32.2. The zero-order chi connectivity index (χ0) is 22.9. The van der Waals surface area contributed by atoms with E-state index in [1.54, 1.807) is 13.0 Å². The molecule has 1 aliphatic rings. The molecule has 0 amide bonds. The lowest BCUT2D eigenvalue weighted by atomic mass is 10.0. The first-order valence-electron chi connectivity index (χ1n) is 10.6. The number of Topliss-reactive ketones (excluding diaryl/α,β-unsaturated/α-hetero) is 2. The predicted molar refractivity (Wildman–Crippen MR) is 120 cm³/mol. The van der Waals surface area contributed by atoms with Gasteiger partial charge < -0.3 is 4.98 Å². The summed E-state index contributed by atoms with van der Waals surface area (Å²) in [6.45, 7) is 10.8. The van der Waals surface area contributed by atoms with Crippen molar-refractivity contribution in [3.63, 3.8) is 0 Å². The number of piperazine rings is 1. The Morgan fingerprint density at radius 3 is 2.29 bits per heavy atom. The highest BCUT2D eigenvalue weighted by molar-refractivity contribution is 7.89. The molecule has 0 spiro atoms. The van der Waals surface area contributed by atoms with Crippen LogP contribution in [0.1, 0.15) is 57.1 Å². The van der Waals surface area contributed by atoms with Crippen molar-refractivity contribution in [2.75, 3.05) is 32.7 Å². The Kier molecular flexibility index (Phi) is 6.83. The van der Waals surface area contributed by atoms with Crippen LogP contribution in [0, 0.1) is 20.8 Å². The normalized spacial score (nSPS) is 15.9. The third-order valence-corrected chi connectivity index (χ3v) is 7.98. The molecule has 0 atom stereocenters. The average Bonchev–Trinajstić information content (AvgIpc) is 3.06. The fourth-order valence-corrected chi connectivity index (χ4v) is 6.01. The maximum Gasteiger partial charge on any atom is 0.243 e. The molecule has 3 rings (SSSR count). The highest BCUT2D eigenvalue weighted by Gasteiger charge is 2.31. The molecule has 0 unspecified atom stereocenters. The van der Waals surface area contributed by atoms with E-state index < -0.39 is 10.0 Å². The van der Waals surface area contributed by atoms with Gasteiger partial charge in [0.05, 0.1) is 17.1 Å². The number of benzene rings is 1. The van der Waals surface area contributed by atoms with E-state index in [4.69, 9.17) is 0 Å². The molecule has 2 aromatic rings. The lowest BCUT2D eigenvalue weighted by molar-refractivity contribution is 0.0896. The van der Waals surface area contributed by atoms with Crippen molar-refractivity contribution in [2.24, 2.45) is 0 Å². The topological polar surface area (TPSA) is 90.6 Å². The van der Waals surface area contributed by atoms with Crippen LogP contribution in [0.4, 0.5) is 0 Å². The Labute approximate surface area is 184 Å². The number of H-pyrrole nitrogens is 1. The SMILES string of the molecule is CCc1c(C(=O)CN2CCN(S(=O)(=O)c3cc(C)ccc3C)CC2)[nH]c(C)c1C(C)=O. The van der Waals surface area contributed by atoms with E-state index in [1.165, 1.54) is 11.2 Å². The molecule has 8 heteroatoms. The number of carbonyl (C=O) groups is 2. The smallest absolute Gasteiger partial charge is 0.243 e. The fraction of sp³-hybridized carbons (Fsp3) is 0.478. The summed E-state index contributed by atoms with van der Waals surface area (Å²) in [5.74, 6) is -0.117. The number of hydrogen-bond donors (Lipinski definition) is 1. The minimum atomic E-state index is -3.56. The number of sulfonamides is 1. The number of nitrogens with zero attached hydrogens (tertiary/aromatic N) is 2. The number of aromatic nitrogens is 1. The minimum Gasteiger partial charge on any atom is -0.355 e. The first-order chi connectivity index (χ1) is 14.6. The zero-order valence-electron chi connectivity index (χ0n) is 18.9. The summed E-state index contributed by atoms with van der Waals surface area (Å²) in [5, 5.41) is 0. The summed E-state index contributed by atoms with van der Waals surface area (Å²) in [6.07, 6.45) is 0.599. The molecule has 1 saturated heterocycles. The molecular formula is C23H31N3O4S. The van der Waals surface area contributed by atoms with E-state index in [0.717, 1.165) is 22.4 Å². The third kappa shape index (κ3) is 4.66. The number of ketones is 2. The summed E-state index contributed by atoms with van der Waals surface area (Å²) >= 11 is 0. The monoisotopic (exact) mass is 445 g/mol. The van der Waals surface area contributed by atoms with Gasteiger partial charge in [-0.05, 0) is 56.9 Å². The van der Waals surface area contributed by atoms with Crippen LogP contribution in [0.5, 0.6) is 0 Å². The molecule has 1 fully saturated rings. The number of aromatic amines is 1. The molecule has 1 aromatic heterocycles. The van der Waals surface area contributed by atoms with Gasteiger partial charge in [0.25, 0.3) is 0 Å². The average molecular weight is 446 g/mol. The Hall–Kier alpha value is -2.29. The van der Waals surface area contributed by atoms with Crippen LogP contribution in [-0.4, -0.2) is 66.9 Å². The standard InChI is InChI=1S/C23H31N3O4S/c1-6-19-22(18(5)27)17(4)24-23(19)20(28)14-25-9-11-26(12-10-25)31(29,30)21-13-15(2)7-8-16(21)3/h7-8,13,24H,6,9-12,14H2,1-5H3. The summed E-state index contributed by atoms with van der Waals surface area (Å²) in [5.41, 5.74) is 4.24. The quantitative estimate of drug-likeness (QED) is 0.662. The van der Waals surface area contributed by atoms with Crippen LogP contribution in [0.15, 0.2) is 23.1 Å². The number of hydrogen-bond acceptors (Lipinski definition) is 5. The van der Waals surface area contributed by atoms with Gasteiger partial charge in [0.15, 0.2) is 11.6 Å². The third-order valence-electron chi connectivity index (χ3n) is 5.94. The molecule has 0 saturated carbocycles. The van der Waals surface area contributed by atoms with Gasteiger partial charge in [-0.2, -0.15) is 4.31 Å². The summed E-state index contributed by atoms with van der Waals surface area (Å²) in [4.78, 5) is 30.3. The van der Waals surface area contributed by atoms with Gasteiger partial charge in [-0.1, -0.05) is 19.1 Å². The molecular weight excluding hydrogens is 414 g/mol. The fourth-order valence-electron chi connectivity index (χ4n) is 4.28. The lowest BCUT2D eigenvalue weighted by Crippen LogP contribution is -2.50. The molecule has 0 aliphatic carbocycles. The number of rotatable bonds is 7. The summed E-state index contributed by atoms with van der Waals surface area (Å²) < 4.78 is 27.7. The molecule has 0 bridgehead atoms. The predicted octanol–water partition coefficient (Wildman–Crippen LogP) is 2.89. The van der Waals surface area contributed by atoms with Gasteiger partial charge in [-0.3, -0.25) is 14.5 Å². The second kappa shape index (κ2) is 9.06. The summed E-state index contributed by atoms with van der Waals surface area (Å²) in [7, 11) is -3.56.